The molecule has 0 amide bonds. The smallest absolute Gasteiger partial charge is 0.312 e. The van der Waals surface area contributed by atoms with Crippen LogP contribution in [0.25, 0.3) is 0 Å². The van der Waals surface area contributed by atoms with Crippen LogP contribution in [0.1, 0.15) is 33.1 Å². The van der Waals surface area contributed by atoms with Crippen molar-refractivity contribution in [1.29, 1.82) is 0 Å². The minimum atomic E-state index is -0.427. The molecule has 0 spiro atoms. The van der Waals surface area contributed by atoms with E-state index in [0.29, 0.717) is 6.04 Å². The molecule has 4 nitrogen and oxygen atoms in total. The highest BCUT2D eigenvalue weighted by molar-refractivity contribution is 5.76. The topological polar surface area (TPSA) is 41.6 Å². The van der Waals surface area contributed by atoms with Gasteiger partial charge in [0.1, 0.15) is 0 Å². The number of methoxy groups -OCH3 is 1. The molecule has 1 saturated heterocycles. The average molecular weight is 242 g/mol. The molecule has 0 aromatic carbocycles. The molecule has 1 rings (SSSR count). The van der Waals surface area contributed by atoms with E-state index >= 15 is 0 Å². The van der Waals surface area contributed by atoms with Gasteiger partial charge < -0.3 is 15.0 Å². The minimum absolute atomic E-state index is 0.129. The van der Waals surface area contributed by atoms with Gasteiger partial charge in [-0.15, -0.1) is 0 Å². The molecule has 1 N–H and O–H groups in total. The molecule has 0 saturated carbocycles. The first-order chi connectivity index (χ1) is 7.97. The SMILES string of the molecule is COC(=O)C(C)(C)CN(C)C1CCCNCC1. The van der Waals surface area contributed by atoms with E-state index in [1.54, 1.807) is 0 Å². The van der Waals surface area contributed by atoms with Crippen LogP contribution in [0.2, 0.25) is 0 Å². The Hall–Kier alpha value is -0.610. The predicted octanol–water partition coefficient (Wildman–Crippen LogP) is 1.26. The molecule has 0 aromatic rings. The van der Waals surface area contributed by atoms with Crippen LogP contribution < -0.4 is 5.32 Å². The molecule has 0 radical (unpaired) electrons. The third kappa shape index (κ3) is 4.28. The van der Waals surface area contributed by atoms with Gasteiger partial charge >= 0.3 is 5.97 Å². The van der Waals surface area contributed by atoms with Crippen molar-refractivity contribution in [3.8, 4) is 0 Å². The first kappa shape index (κ1) is 14.5. The Balaban J connectivity index is 2.51. The second-order valence-electron chi connectivity index (χ2n) is 5.63. The molecule has 0 aromatic heterocycles. The Morgan fingerprint density at radius 1 is 1.41 bits per heavy atom. The van der Waals surface area contributed by atoms with Gasteiger partial charge in [-0.1, -0.05) is 0 Å². The molecule has 100 valence electrons. The molecule has 1 aliphatic rings. The van der Waals surface area contributed by atoms with Crippen molar-refractivity contribution in [2.75, 3.05) is 33.8 Å². The molecule has 17 heavy (non-hydrogen) atoms. The first-order valence-electron chi connectivity index (χ1n) is 6.47. The van der Waals surface area contributed by atoms with Crippen molar-refractivity contribution in [2.45, 2.75) is 39.2 Å². The highest BCUT2D eigenvalue weighted by Gasteiger charge is 2.32. The van der Waals surface area contributed by atoms with Gasteiger partial charge in [0.25, 0.3) is 0 Å². The van der Waals surface area contributed by atoms with Crippen LogP contribution in [-0.2, 0) is 9.53 Å². The highest BCUT2D eigenvalue weighted by Crippen LogP contribution is 2.21. The zero-order valence-corrected chi connectivity index (χ0v) is 11.6. The van der Waals surface area contributed by atoms with Gasteiger partial charge in [0.2, 0.25) is 0 Å². The number of ether oxygens (including phenoxy) is 1. The fourth-order valence-electron chi connectivity index (χ4n) is 2.53. The van der Waals surface area contributed by atoms with E-state index < -0.39 is 5.41 Å². The van der Waals surface area contributed by atoms with E-state index in [0.717, 1.165) is 26.1 Å². The number of rotatable bonds is 4. The molecule has 1 fully saturated rings. The third-order valence-electron chi connectivity index (χ3n) is 3.55. The van der Waals surface area contributed by atoms with E-state index in [1.165, 1.54) is 20.0 Å². The lowest BCUT2D eigenvalue weighted by Gasteiger charge is -2.33. The Morgan fingerprint density at radius 2 is 2.12 bits per heavy atom. The Bertz CT molecular complexity index is 246. The molecule has 1 aliphatic heterocycles. The summed E-state index contributed by atoms with van der Waals surface area (Å²) in [5.41, 5.74) is -0.427. The van der Waals surface area contributed by atoms with Crippen molar-refractivity contribution in [3.05, 3.63) is 0 Å². The van der Waals surface area contributed by atoms with Crippen molar-refractivity contribution in [3.63, 3.8) is 0 Å². The van der Waals surface area contributed by atoms with Gasteiger partial charge in [0, 0.05) is 12.6 Å². The largest absolute Gasteiger partial charge is 0.469 e. The van der Waals surface area contributed by atoms with Crippen molar-refractivity contribution < 1.29 is 9.53 Å². The van der Waals surface area contributed by atoms with Gasteiger partial charge in [-0.25, -0.2) is 0 Å². The summed E-state index contributed by atoms with van der Waals surface area (Å²) in [7, 11) is 3.57. The monoisotopic (exact) mass is 242 g/mol. The van der Waals surface area contributed by atoms with Crippen molar-refractivity contribution >= 4 is 5.97 Å². The normalized spacial score (nSPS) is 22.3. The summed E-state index contributed by atoms with van der Waals surface area (Å²) in [6.45, 7) is 6.84. The molecular formula is C13H26N2O2. The number of nitrogens with one attached hydrogen (secondary N) is 1. The van der Waals surface area contributed by atoms with E-state index in [1.807, 2.05) is 13.8 Å². The summed E-state index contributed by atoms with van der Waals surface area (Å²) in [4.78, 5) is 14.0. The maximum Gasteiger partial charge on any atom is 0.312 e. The summed E-state index contributed by atoms with van der Waals surface area (Å²) < 4.78 is 4.85. The van der Waals surface area contributed by atoms with E-state index in [9.17, 15) is 4.79 Å². The number of hydrogen-bond acceptors (Lipinski definition) is 4. The molecule has 1 atom stereocenters. The average Bonchev–Trinajstić information content (AvgIpc) is 2.55. The molecule has 1 heterocycles. The van der Waals surface area contributed by atoms with Gasteiger partial charge in [-0.3, -0.25) is 4.79 Å². The zero-order chi connectivity index (χ0) is 12.9. The summed E-state index contributed by atoms with van der Waals surface area (Å²) in [6.07, 6.45) is 3.59. The lowest BCUT2D eigenvalue weighted by molar-refractivity contribution is -0.152. The standard InChI is InChI=1S/C13H26N2O2/c1-13(2,12(16)17-4)10-15(3)11-6-5-8-14-9-7-11/h11,14H,5-10H2,1-4H3. The van der Waals surface area contributed by atoms with E-state index in [4.69, 9.17) is 4.74 Å². The second kappa shape index (κ2) is 6.36. The number of nitrogens with zero attached hydrogens (tertiary/aromatic N) is 1. The third-order valence-corrected chi connectivity index (χ3v) is 3.55. The predicted molar refractivity (Wildman–Crippen MR) is 68.9 cm³/mol. The number of hydrogen-bond donors (Lipinski definition) is 1. The lowest BCUT2D eigenvalue weighted by atomic mass is 9.92. The Kier molecular flexibility index (Phi) is 5.40. The maximum absolute atomic E-state index is 11.7. The van der Waals surface area contributed by atoms with Crippen molar-refractivity contribution in [2.24, 2.45) is 5.41 Å². The van der Waals surface area contributed by atoms with E-state index in [2.05, 4.69) is 17.3 Å². The number of carbonyl (C=O) groups excluding carboxylic acids is 1. The van der Waals surface area contributed by atoms with Crippen LogP contribution in [0.15, 0.2) is 0 Å². The fraction of sp³-hybridized carbons (Fsp3) is 0.923. The van der Waals surface area contributed by atoms with Crippen LogP contribution in [-0.4, -0.2) is 50.7 Å². The minimum Gasteiger partial charge on any atom is -0.469 e. The molecular weight excluding hydrogens is 216 g/mol. The van der Waals surface area contributed by atoms with Crippen LogP contribution in [0.4, 0.5) is 0 Å². The fourth-order valence-corrected chi connectivity index (χ4v) is 2.53. The molecule has 4 heteroatoms. The number of esters is 1. The van der Waals surface area contributed by atoms with Crippen LogP contribution in [0, 0.1) is 5.41 Å². The maximum atomic E-state index is 11.7. The molecule has 0 aliphatic carbocycles. The second-order valence-corrected chi connectivity index (χ2v) is 5.63. The Labute approximate surface area is 105 Å². The summed E-state index contributed by atoms with van der Waals surface area (Å²) in [5, 5.41) is 3.41. The van der Waals surface area contributed by atoms with Crippen molar-refractivity contribution in [1.82, 2.24) is 10.2 Å². The summed E-state index contributed by atoms with van der Waals surface area (Å²) >= 11 is 0. The van der Waals surface area contributed by atoms with Gasteiger partial charge in [-0.05, 0) is 53.2 Å². The molecule has 0 bridgehead atoms. The Morgan fingerprint density at radius 3 is 2.76 bits per heavy atom. The summed E-state index contributed by atoms with van der Waals surface area (Å²) in [5.74, 6) is -0.129. The zero-order valence-electron chi connectivity index (χ0n) is 11.6. The number of carbonyl (C=O) groups is 1. The highest BCUT2D eigenvalue weighted by atomic mass is 16.5. The van der Waals surface area contributed by atoms with Gasteiger partial charge in [0.15, 0.2) is 0 Å². The van der Waals surface area contributed by atoms with Crippen LogP contribution in [0.5, 0.6) is 0 Å². The van der Waals surface area contributed by atoms with Gasteiger partial charge in [0.05, 0.1) is 12.5 Å². The van der Waals surface area contributed by atoms with Crippen LogP contribution >= 0.6 is 0 Å². The van der Waals surface area contributed by atoms with Crippen LogP contribution in [0.3, 0.4) is 0 Å². The lowest BCUT2D eigenvalue weighted by Crippen LogP contribution is -2.43. The van der Waals surface area contributed by atoms with Gasteiger partial charge in [-0.2, -0.15) is 0 Å². The van der Waals surface area contributed by atoms with E-state index in [-0.39, 0.29) is 5.97 Å². The first-order valence-corrected chi connectivity index (χ1v) is 6.47. The quantitative estimate of drug-likeness (QED) is 0.754. The summed E-state index contributed by atoms with van der Waals surface area (Å²) in [6, 6.07) is 0.578. The molecule has 1 unspecified atom stereocenters.